The molecule has 0 saturated heterocycles. The predicted molar refractivity (Wildman–Crippen MR) is 97.3 cm³/mol. The fourth-order valence-electron chi connectivity index (χ4n) is 7.58. The lowest BCUT2D eigenvalue weighted by atomic mass is 9.49. The van der Waals surface area contributed by atoms with Gasteiger partial charge in [-0.3, -0.25) is 4.79 Å². The number of hydrogen-bond donors (Lipinski definition) is 2. The topological polar surface area (TPSA) is 55.1 Å². The summed E-state index contributed by atoms with van der Waals surface area (Å²) in [6, 6.07) is 0.222. The molecule has 0 aromatic heterocycles. The monoisotopic (exact) mass is 332 g/mol. The molecule has 24 heavy (non-hydrogen) atoms. The van der Waals surface area contributed by atoms with E-state index in [0.29, 0.717) is 23.2 Å². The smallest absolute Gasteiger partial charge is 0.220 e. The van der Waals surface area contributed by atoms with Gasteiger partial charge in [0.05, 0.1) is 0 Å². The highest BCUT2D eigenvalue weighted by Gasteiger charge is 2.51. The van der Waals surface area contributed by atoms with Crippen molar-refractivity contribution in [2.24, 2.45) is 46.2 Å². The third-order valence-corrected chi connectivity index (χ3v) is 8.19. The van der Waals surface area contributed by atoms with Crippen molar-refractivity contribution in [1.82, 2.24) is 5.32 Å². The SMILES string of the molecule is C[C@@H]1CC(C)(C)[C@@H](CNC(=O)CC23CC4CC(CC(C4)C2)C3)[C@@H]1N. The summed E-state index contributed by atoms with van der Waals surface area (Å²) in [7, 11) is 0. The molecule has 4 bridgehead atoms. The van der Waals surface area contributed by atoms with E-state index in [1.165, 1.54) is 44.9 Å². The fourth-order valence-corrected chi connectivity index (χ4v) is 7.58. The van der Waals surface area contributed by atoms with Crippen LogP contribution in [0.4, 0.5) is 0 Å². The lowest BCUT2D eigenvalue weighted by Crippen LogP contribution is -2.49. The Morgan fingerprint density at radius 1 is 1.04 bits per heavy atom. The van der Waals surface area contributed by atoms with Gasteiger partial charge in [-0.15, -0.1) is 0 Å². The van der Waals surface area contributed by atoms with Gasteiger partial charge < -0.3 is 11.1 Å². The van der Waals surface area contributed by atoms with Crippen LogP contribution in [-0.4, -0.2) is 18.5 Å². The summed E-state index contributed by atoms with van der Waals surface area (Å²) >= 11 is 0. The van der Waals surface area contributed by atoms with Crippen LogP contribution in [-0.2, 0) is 4.79 Å². The van der Waals surface area contributed by atoms with Gasteiger partial charge in [-0.05, 0) is 85.4 Å². The first kappa shape index (κ1) is 16.9. The first-order valence-electron chi connectivity index (χ1n) is 10.3. The second-order valence-electron chi connectivity index (χ2n) is 10.8. The van der Waals surface area contributed by atoms with Crippen molar-refractivity contribution in [1.29, 1.82) is 0 Å². The van der Waals surface area contributed by atoms with E-state index in [1.807, 2.05) is 0 Å². The van der Waals surface area contributed by atoms with Crippen molar-refractivity contribution in [3.05, 3.63) is 0 Å². The lowest BCUT2D eigenvalue weighted by molar-refractivity contribution is -0.129. The number of nitrogens with one attached hydrogen (secondary N) is 1. The standard InChI is InChI=1S/C21H36N2O/c1-13-7-20(2,3)17(19(13)22)12-23-18(24)11-21-8-14-4-15(9-21)6-16(5-14)10-21/h13-17,19H,4-12,22H2,1-3H3,(H,23,24)/t13-,14?,15?,16?,17+,19-,21?/m1/s1. The molecule has 3 heteroatoms. The molecule has 5 aliphatic rings. The summed E-state index contributed by atoms with van der Waals surface area (Å²) in [4.78, 5) is 12.7. The van der Waals surface area contributed by atoms with Crippen molar-refractivity contribution in [3.8, 4) is 0 Å². The maximum absolute atomic E-state index is 12.7. The zero-order valence-electron chi connectivity index (χ0n) is 15.8. The molecule has 5 aliphatic carbocycles. The molecule has 136 valence electrons. The van der Waals surface area contributed by atoms with Crippen LogP contribution in [0.1, 0.15) is 72.1 Å². The van der Waals surface area contributed by atoms with Crippen molar-refractivity contribution >= 4 is 5.91 Å². The number of nitrogens with two attached hydrogens (primary N) is 1. The third kappa shape index (κ3) is 2.91. The zero-order valence-corrected chi connectivity index (χ0v) is 15.8. The molecular formula is C21H36N2O. The van der Waals surface area contributed by atoms with Crippen LogP contribution in [0.3, 0.4) is 0 Å². The fraction of sp³-hybridized carbons (Fsp3) is 0.952. The number of rotatable bonds is 4. The highest BCUT2D eigenvalue weighted by molar-refractivity contribution is 5.76. The van der Waals surface area contributed by atoms with Crippen molar-refractivity contribution in [2.75, 3.05) is 6.54 Å². The predicted octanol–water partition coefficient (Wildman–Crippen LogP) is 3.72. The van der Waals surface area contributed by atoms with Gasteiger partial charge in [0.2, 0.25) is 5.91 Å². The van der Waals surface area contributed by atoms with Crippen LogP contribution in [0.15, 0.2) is 0 Å². The summed E-state index contributed by atoms with van der Waals surface area (Å²) in [5.74, 6) is 4.03. The molecule has 5 fully saturated rings. The average molecular weight is 333 g/mol. The Balaban J connectivity index is 1.34. The summed E-state index contributed by atoms with van der Waals surface area (Å²) < 4.78 is 0. The van der Waals surface area contributed by atoms with E-state index in [9.17, 15) is 4.79 Å². The molecule has 0 radical (unpaired) electrons. The molecule has 0 aromatic carbocycles. The summed E-state index contributed by atoms with van der Waals surface area (Å²) in [6.07, 6.45) is 10.2. The second kappa shape index (κ2) is 5.72. The minimum atomic E-state index is 0.222. The number of carbonyl (C=O) groups is 1. The summed E-state index contributed by atoms with van der Waals surface area (Å²) in [6.45, 7) is 7.64. The van der Waals surface area contributed by atoms with Gasteiger partial charge in [0, 0.05) is 19.0 Å². The molecule has 0 spiro atoms. The van der Waals surface area contributed by atoms with Crippen LogP contribution < -0.4 is 11.1 Å². The van der Waals surface area contributed by atoms with Crippen LogP contribution in [0.2, 0.25) is 0 Å². The molecule has 5 saturated carbocycles. The summed E-state index contributed by atoms with van der Waals surface area (Å²) in [5.41, 5.74) is 7.01. The minimum absolute atomic E-state index is 0.222. The maximum atomic E-state index is 12.7. The zero-order chi connectivity index (χ0) is 17.1. The molecule has 3 atom stereocenters. The minimum Gasteiger partial charge on any atom is -0.356 e. The first-order chi connectivity index (χ1) is 11.3. The molecule has 1 amide bonds. The molecule has 3 N–H and O–H groups in total. The quantitative estimate of drug-likeness (QED) is 0.824. The Morgan fingerprint density at radius 3 is 2.04 bits per heavy atom. The molecule has 0 heterocycles. The Hall–Kier alpha value is -0.570. The van der Waals surface area contributed by atoms with Crippen LogP contribution in [0.25, 0.3) is 0 Å². The second-order valence-corrected chi connectivity index (χ2v) is 10.8. The lowest BCUT2D eigenvalue weighted by Gasteiger charge is -2.56. The molecule has 0 aliphatic heterocycles. The van der Waals surface area contributed by atoms with E-state index in [-0.39, 0.29) is 11.5 Å². The number of carbonyl (C=O) groups excluding carboxylic acids is 1. The normalized spacial score (nSPS) is 48.7. The van der Waals surface area contributed by atoms with E-state index < -0.39 is 0 Å². The Kier molecular flexibility index (Phi) is 4.02. The van der Waals surface area contributed by atoms with Gasteiger partial charge in [0.1, 0.15) is 0 Å². The Morgan fingerprint density at radius 2 is 1.58 bits per heavy atom. The van der Waals surface area contributed by atoms with Crippen molar-refractivity contribution < 1.29 is 4.79 Å². The highest BCUT2D eigenvalue weighted by Crippen LogP contribution is 2.61. The van der Waals surface area contributed by atoms with E-state index in [1.54, 1.807) is 0 Å². The molecule has 0 aromatic rings. The van der Waals surface area contributed by atoms with Gasteiger partial charge in [0.25, 0.3) is 0 Å². The first-order valence-corrected chi connectivity index (χ1v) is 10.3. The van der Waals surface area contributed by atoms with Gasteiger partial charge in [-0.25, -0.2) is 0 Å². The van der Waals surface area contributed by atoms with E-state index in [2.05, 4.69) is 26.1 Å². The largest absolute Gasteiger partial charge is 0.356 e. The third-order valence-electron chi connectivity index (χ3n) is 8.19. The van der Waals surface area contributed by atoms with Gasteiger partial charge in [-0.1, -0.05) is 20.8 Å². The van der Waals surface area contributed by atoms with Crippen molar-refractivity contribution in [3.63, 3.8) is 0 Å². The Bertz CT molecular complexity index is 477. The Labute approximate surface area is 147 Å². The number of hydrogen-bond acceptors (Lipinski definition) is 2. The molecule has 0 unspecified atom stereocenters. The highest BCUT2D eigenvalue weighted by atomic mass is 16.1. The van der Waals surface area contributed by atoms with Crippen molar-refractivity contribution in [2.45, 2.75) is 78.2 Å². The molecule has 5 rings (SSSR count). The summed E-state index contributed by atoms with van der Waals surface area (Å²) in [5, 5.41) is 3.29. The number of amides is 1. The van der Waals surface area contributed by atoms with Crippen LogP contribution >= 0.6 is 0 Å². The van der Waals surface area contributed by atoms with E-state index in [0.717, 1.165) is 30.7 Å². The van der Waals surface area contributed by atoms with Crippen LogP contribution in [0.5, 0.6) is 0 Å². The van der Waals surface area contributed by atoms with E-state index >= 15 is 0 Å². The van der Waals surface area contributed by atoms with Gasteiger partial charge in [0.15, 0.2) is 0 Å². The maximum Gasteiger partial charge on any atom is 0.220 e. The van der Waals surface area contributed by atoms with E-state index in [4.69, 9.17) is 5.73 Å². The van der Waals surface area contributed by atoms with Gasteiger partial charge >= 0.3 is 0 Å². The molecule has 3 nitrogen and oxygen atoms in total. The van der Waals surface area contributed by atoms with Crippen LogP contribution in [0, 0.1) is 40.4 Å². The average Bonchev–Trinajstić information content (AvgIpc) is 2.63. The van der Waals surface area contributed by atoms with Gasteiger partial charge in [-0.2, -0.15) is 0 Å². The molecular weight excluding hydrogens is 296 g/mol.